The molecule has 4 aliphatic rings. The van der Waals surface area contributed by atoms with E-state index in [2.05, 4.69) is 29.2 Å². The van der Waals surface area contributed by atoms with Gasteiger partial charge in [-0.1, -0.05) is 29.8 Å². The Kier molecular flexibility index (Phi) is 7.17. The molecule has 0 unspecified atom stereocenters. The molecule has 6 rings (SSSR count). The molecule has 1 spiro atoms. The molecule has 38 heavy (non-hydrogen) atoms. The average molecular weight is 536 g/mol. The second kappa shape index (κ2) is 10.6. The van der Waals surface area contributed by atoms with Crippen LogP contribution in [-0.2, 0) is 16.6 Å². The molecule has 0 amide bonds. The van der Waals surface area contributed by atoms with Crippen molar-refractivity contribution in [3.05, 3.63) is 70.3 Å². The zero-order valence-corrected chi connectivity index (χ0v) is 23.0. The first kappa shape index (κ1) is 25.8. The van der Waals surface area contributed by atoms with E-state index in [-0.39, 0.29) is 23.4 Å². The van der Waals surface area contributed by atoms with Crippen molar-refractivity contribution < 1.29 is 19.4 Å². The standard InChI is InChI=1S/C32H38ClNO4/c1-37-31(36)23-10-14-29-28(17-23)34(18-24-9-12-26(24)30(35)21-6-3-2-4-7-21)19-32(20-38-29)15-5-8-22-16-25(33)11-13-27(22)32/h3,6,10-11,13-14,16-17,21,24,26,30,35H,2,4-5,7-9,12,15,18-20H2,1H3/t21-,24+,26-,30-,32+/m1/s1. The molecule has 0 aromatic heterocycles. The summed E-state index contributed by atoms with van der Waals surface area (Å²) in [4.78, 5) is 14.9. The van der Waals surface area contributed by atoms with Crippen LogP contribution in [0.2, 0.25) is 5.02 Å². The topological polar surface area (TPSA) is 59.0 Å². The van der Waals surface area contributed by atoms with Gasteiger partial charge >= 0.3 is 5.97 Å². The predicted octanol–water partition coefficient (Wildman–Crippen LogP) is 6.34. The lowest BCUT2D eigenvalue weighted by Crippen LogP contribution is -2.50. The molecule has 0 bridgehead atoms. The molecule has 5 atom stereocenters. The molecule has 6 heteroatoms. The van der Waals surface area contributed by atoms with Crippen molar-refractivity contribution in [1.82, 2.24) is 0 Å². The Morgan fingerprint density at radius 3 is 2.87 bits per heavy atom. The fraction of sp³-hybridized carbons (Fsp3) is 0.531. The van der Waals surface area contributed by atoms with Crippen LogP contribution in [0.4, 0.5) is 5.69 Å². The third-order valence-electron chi connectivity index (χ3n) is 9.56. The van der Waals surface area contributed by atoms with Crippen molar-refractivity contribution in [2.75, 3.05) is 31.7 Å². The van der Waals surface area contributed by atoms with Crippen LogP contribution in [0.5, 0.6) is 5.75 Å². The number of allylic oxidation sites excluding steroid dienone is 1. The second-order valence-electron chi connectivity index (χ2n) is 11.8. The Balaban J connectivity index is 1.34. The van der Waals surface area contributed by atoms with Crippen molar-refractivity contribution >= 4 is 23.3 Å². The molecule has 202 valence electrons. The number of aryl methyl sites for hydroxylation is 1. The largest absolute Gasteiger partial charge is 0.490 e. The summed E-state index contributed by atoms with van der Waals surface area (Å²) in [5.41, 5.74) is 3.96. The van der Waals surface area contributed by atoms with E-state index in [1.807, 2.05) is 18.2 Å². The maximum Gasteiger partial charge on any atom is 0.337 e. The Labute approximate surface area is 230 Å². The molecule has 1 saturated carbocycles. The first-order valence-electron chi connectivity index (χ1n) is 14.2. The minimum Gasteiger partial charge on any atom is -0.490 e. The average Bonchev–Trinajstić information content (AvgIpc) is 3.08. The van der Waals surface area contributed by atoms with Gasteiger partial charge in [0, 0.05) is 29.4 Å². The van der Waals surface area contributed by atoms with Crippen LogP contribution >= 0.6 is 11.6 Å². The summed E-state index contributed by atoms with van der Waals surface area (Å²) >= 11 is 6.39. The van der Waals surface area contributed by atoms with Crippen LogP contribution in [-0.4, -0.2) is 44.0 Å². The van der Waals surface area contributed by atoms with Crippen LogP contribution < -0.4 is 9.64 Å². The number of carbonyl (C=O) groups excluding carboxylic acids is 1. The molecule has 1 fully saturated rings. The van der Waals surface area contributed by atoms with Gasteiger partial charge in [-0.3, -0.25) is 0 Å². The highest BCUT2D eigenvalue weighted by molar-refractivity contribution is 6.30. The molecule has 2 aromatic rings. The summed E-state index contributed by atoms with van der Waals surface area (Å²) in [6.45, 7) is 2.23. The van der Waals surface area contributed by atoms with E-state index in [0.717, 1.165) is 80.9 Å². The monoisotopic (exact) mass is 535 g/mol. The number of esters is 1. The number of benzene rings is 2. The highest BCUT2D eigenvalue weighted by Crippen LogP contribution is 2.47. The molecule has 1 aliphatic heterocycles. The number of methoxy groups -OCH3 is 1. The van der Waals surface area contributed by atoms with Gasteiger partial charge in [0.15, 0.2) is 0 Å². The summed E-state index contributed by atoms with van der Waals surface area (Å²) < 4.78 is 11.6. The molecule has 1 heterocycles. The number of aliphatic hydroxyl groups excluding tert-OH is 1. The van der Waals surface area contributed by atoms with Crippen LogP contribution in [0.3, 0.4) is 0 Å². The lowest BCUT2D eigenvalue weighted by molar-refractivity contribution is -0.0131. The molecule has 2 aromatic carbocycles. The van der Waals surface area contributed by atoms with Gasteiger partial charge in [0.2, 0.25) is 0 Å². The molecular weight excluding hydrogens is 498 g/mol. The van der Waals surface area contributed by atoms with Crippen LogP contribution in [0, 0.1) is 17.8 Å². The molecule has 5 nitrogen and oxygen atoms in total. The zero-order valence-electron chi connectivity index (χ0n) is 22.2. The fourth-order valence-corrected chi connectivity index (χ4v) is 7.55. The van der Waals surface area contributed by atoms with Crippen molar-refractivity contribution in [3.63, 3.8) is 0 Å². The fourth-order valence-electron chi connectivity index (χ4n) is 7.35. The van der Waals surface area contributed by atoms with Gasteiger partial charge < -0.3 is 19.5 Å². The number of rotatable bonds is 5. The summed E-state index contributed by atoms with van der Waals surface area (Å²) in [6, 6.07) is 12.0. The van der Waals surface area contributed by atoms with E-state index in [1.165, 1.54) is 18.2 Å². The highest BCUT2D eigenvalue weighted by atomic mass is 35.5. The van der Waals surface area contributed by atoms with Gasteiger partial charge in [-0.05, 0) is 105 Å². The van der Waals surface area contributed by atoms with Crippen molar-refractivity contribution in [3.8, 4) is 5.75 Å². The van der Waals surface area contributed by atoms with Crippen LogP contribution in [0.25, 0.3) is 0 Å². The summed E-state index contributed by atoms with van der Waals surface area (Å²) in [5, 5.41) is 12.1. The van der Waals surface area contributed by atoms with E-state index in [4.69, 9.17) is 21.1 Å². The normalized spacial score (nSPS) is 28.9. The maximum atomic E-state index is 12.5. The molecular formula is C32H38ClNO4. The van der Waals surface area contributed by atoms with E-state index in [0.29, 0.717) is 24.0 Å². The molecule has 0 radical (unpaired) electrons. The number of nitrogens with zero attached hydrogens (tertiary/aromatic N) is 1. The first-order chi connectivity index (χ1) is 18.5. The van der Waals surface area contributed by atoms with Gasteiger partial charge in [-0.25, -0.2) is 4.79 Å². The number of hydrogen-bond acceptors (Lipinski definition) is 5. The van der Waals surface area contributed by atoms with Gasteiger partial charge in [0.05, 0.1) is 31.1 Å². The lowest BCUT2D eigenvalue weighted by Gasteiger charge is -2.46. The van der Waals surface area contributed by atoms with Crippen molar-refractivity contribution in [1.29, 1.82) is 0 Å². The Bertz CT molecular complexity index is 1230. The van der Waals surface area contributed by atoms with E-state index < -0.39 is 0 Å². The van der Waals surface area contributed by atoms with Crippen molar-refractivity contribution in [2.45, 2.75) is 62.9 Å². The third-order valence-corrected chi connectivity index (χ3v) is 9.79. The predicted molar refractivity (Wildman–Crippen MR) is 150 cm³/mol. The van der Waals surface area contributed by atoms with E-state index in [9.17, 15) is 9.90 Å². The number of anilines is 1. The second-order valence-corrected chi connectivity index (χ2v) is 12.2. The highest BCUT2D eigenvalue weighted by Gasteiger charge is 2.45. The van der Waals surface area contributed by atoms with E-state index >= 15 is 0 Å². The quantitative estimate of drug-likeness (QED) is 0.357. The van der Waals surface area contributed by atoms with Gasteiger partial charge in [0.1, 0.15) is 5.75 Å². The van der Waals surface area contributed by atoms with Gasteiger partial charge in [-0.15, -0.1) is 0 Å². The van der Waals surface area contributed by atoms with Crippen LogP contribution in [0.1, 0.15) is 66.4 Å². The third kappa shape index (κ3) is 4.73. The first-order valence-corrected chi connectivity index (χ1v) is 14.6. The van der Waals surface area contributed by atoms with Crippen molar-refractivity contribution in [2.24, 2.45) is 17.8 Å². The number of aliphatic hydroxyl groups is 1. The Hall–Kier alpha value is -2.50. The minimum absolute atomic E-state index is 0.160. The summed E-state index contributed by atoms with van der Waals surface area (Å²) in [6.07, 6.45) is 12.9. The SMILES string of the molecule is COC(=O)c1ccc2c(c1)N(C[C@@H]1CC[C@H]1[C@H](O)[C@@H]1C=CCCC1)C[C@@]1(CCCc3cc(Cl)ccc31)CO2. The zero-order chi connectivity index (χ0) is 26.3. The summed E-state index contributed by atoms with van der Waals surface area (Å²) in [5.74, 6) is 1.43. The molecule has 3 aliphatic carbocycles. The Morgan fingerprint density at radius 2 is 2.11 bits per heavy atom. The molecule has 1 N–H and O–H groups in total. The number of halogens is 1. The lowest BCUT2D eigenvalue weighted by atomic mass is 9.66. The van der Waals surface area contributed by atoms with E-state index in [1.54, 1.807) is 6.07 Å². The number of fused-ring (bicyclic) bond motifs is 3. The van der Waals surface area contributed by atoms with Gasteiger partial charge in [-0.2, -0.15) is 0 Å². The maximum absolute atomic E-state index is 12.5. The smallest absolute Gasteiger partial charge is 0.337 e. The van der Waals surface area contributed by atoms with Crippen LogP contribution in [0.15, 0.2) is 48.6 Å². The number of carbonyl (C=O) groups is 1. The number of hydrogen-bond donors (Lipinski definition) is 1. The minimum atomic E-state index is -0.342. The Morgan fingerprint density at radius 1 is 1.21 bits per heavy atom. The van der Waals surface area contributed by atoms with Gasteiger partial charge in [0.25, 0.3) is 0 Å². The number of ether oxygens (including phenoxy) is 2. The summed E-state index contributed by atoms with van der Waals surface area (Å²) in [7, 11) is 1.42. The molecule has 0 saturated heterocycles.